The molecule has 0 aliphatic carbocycles. The third-order valence-corrected chi connectivity index (χ3v) is 14.0. The Bertz CT molecular complexity index is 1060. The van der Waals surface area contributed by atoms with Gasteiger partial charge >= 0.3 is 17.9 Å². The molecule has 0 amide bonds. The molecule has 0 saturated heterocycles. The molecule has 0 aliphatic heterocycles. The van der Waals surface area contributed by atoms with Crippen LogP contribution in [0, 0.1) is 0 Å². The van der Waals surface area contributed by atoms with Gasteiger partial charge in [-0.05, 0) is 44.9 Å². The summed E-state index contributed by atoms with van der Waals surface area (Å²) >= 11 is 0. The number of rotatable bonds is 57. The van der Waals surface area contributed by atoms with Crippen LogP contribution in [0.15, 0.2) is 12.2 Å². The number of allylic oxidation sites excluding steroid dienone is 2. The first-order chi connectivity index (χ1) is 33.5. The molecule has 6 heteroatoms. The quantitative estimate of drug-likeness (QED) is 0.0262. The van der Waals surface area contributed by atoms with Crippen molar-refractivity contribution in [1.29, 1.82) is 0 Å². The Hall–Kier alpha value is -1.85. The molecular weight excluding hydrogens is 841 g/mol. The van der Waals surface area contributed by atoms with Crippen molar-refractivity contribution in [3.8, 4) is 0 Å². The summed E-state index contributed by atoms with van der Waals surface area (Å²) in [5.41, 5.74) is 0. The van der Waals surface area contributed by atoms with Crippen molar-refractivity contribution in [2.45, 2.75) is 354 Å². The molecular formula is C62H118O6. The molecule has 0 aliphatic rings. The van der Waals surface area contributed by atoms with Crippen LogP contribution >= 0.6 is 0 Å². The van der Waals surface area contributed by atoms with Gasteiger partial charge in [0.1, 0.15) is 13.2 Å². The highest BCUT2D eigenvalue weighted by atomic mass is 16.6. The van der Waals surface area contributed by atoms with E-state index in [2.05, 4.69) is 32.9 Å². The van der Waals surface area contributed by atoms with Gasteiger partial charge in [-0.2, -0.15) is 0 Å². The lowest BCUT2D eigenvalue weighted by molar-refractivity contribution is -0.167. The normalized spacial score (nSPS) is 12.0. The van der Waals surface area contributed by atoms with Gasteiger partial charge < -0.3 is 14.2 Å². The monoisotopic (exact) mass is 959 g/mol. The van der Waals surface area contributed by atoms with Crippen molar-refractivity contribution in [2.24, 2.45) is 0 Å². The van der Waals surface area contributed by atoms with E-state index in [-0.39, 0.29) is 31.1 Å². The second-order valence-electron chi connectivity index (χ2n) is 21.0. The molecule has 0 bridgehead atoms. The maximum absolute atomic E-state index is 12.9. The molecule has 402 valence electrons. The van der Waals surface area contributed by atoms with Crippen molar-refractivity contribution in [1.82, 2.24) is 0 Å². The van der Waals surface area contributed by atoms with Crippen molar-refractivity contribution >= 4 is 17.9 Å². The number of hydrogen-bond donors (Lipinski definition) is 0. The number of hydrogen-bond acceptors (Lipinski definition) is 6. The van der Waals surface area contributed by atoms with Gasteiger partial charge in [-0.25, -0.2) is 0 Å². The van der Waals surface area contributed by atoms with Gasteiger partial charge in [0.2, 0.25) is 0 Å². The Morgan fingerprint density at radius 3 is 0.735 bits per heavy atom. The first-order valence-corrected chi connectivity index (χ1v) is 30.7. The van der Waals surface area contributed by atoms with Gasteiger partial charge in [-0.3, -0.25) is 14.4 Å². The predicted octanol–water partition coefficient (Wildman–Crippen LogP) is 20.5. The zero-order chi connectivity index (χ0) is 49.3. The molecule has 0 rings (SSSR count). The molecule has 0 radical (unpaired) electrons. The molecule has 0 aromatic heterocycles. The lowest BCUT2D eigenvalue weighted by atomic mass is 10.0. The van der Waals surface area contributed by atoms with E-state index in [1.165, 1.54) is 250 Å². The standard InChI is InChI=1S/C62H118O6/c1-4-7-10-13-16-19-22-25-27-29-31-33-34-37-40-43-46-49-52-55-61(64)67-58-59(57-66-60(63)54-51-48-45-42-39-36-24-21-18-15-12-9-6-3)68-62(65)56-53-50-47-44-41-38-35-32-30-28-26-23-20-17-14-11-8-5-2/h29,31,59H,4-28,30,32-58H2,1-3H3/b31-29-/t59-/m1/s1. The van der Waals surface area contributed by atoms with Crippen LogP contribution in [0.5, 0.6) is 0 Å². The SMILES string of the molecule is CCCCCCCCCC/C=C\CCCCCCCCCC(=O)OC[C@@H](COC(=O)CCCCCCCCCCCCCCC)OC(=O)CCCCCCCCCCCCCCCCCCCC. The number of esters is 3. The second-order valence-corrected chi connectivity index (χ2v) is 21.0. The Balaban J connectivity index is 4.29. The van der Waals surface area contributed by atoms with E-state index in [1.54, 1.807) is 0 Å². The highest BCUT2D eigenvalue weighted by Gasteiger charge is 2.19. The Kier molecular flexibility index (Phi) is 56.2. The molecule has 0 aromatic carbocycles. The van der Waals surface area contributed by atoms with E-state index >= 15 is 0 Å². The largest absolute Gasteiger partial charge is 0.462 e. The van der Waals surface area contributed by atoms with Crippen LogP contribution in [0.3, 0.4) is 0 Å². The minimum absolute atomic E-state index is 0.0650. The van der Waals surface area contributed by atoms with E-state index < -0.39 is 6.10 Å². The highest BCUT2D eigenvalue weighted by molar-refractivity contribution is 5.71. The highest BCUT2D eigenvalue weighted by Crippen LogP contribution is 2.18. The van der Waals surface area contributed by atoms with Gasteiger partial charge in [-0.1, -0.05) is 296 Å². The maximum Gasteiger partial charge on any atom is 0.306 e. The molecule has 0 aromatic rings. The smallest absolute Gasteiger partial charge is 0.306 e. The summed E-state index contributed by atoms with van der Waals surface area (Å²) in [6.45, 7) is 6.70. The number of carbonyl (C=O) groups is 3. The van der Waals surface area contributed by atoms with Gasteiger partial charge in [0.25, 0.3) is 0 Å². The van der Waals surface area contributed by atoms with Crippen LogP contribution in [-0.4, -0.2) is 37.2 Å². The summed E-state index contributed by atoms with van der Waals surface area (Å²) < 4.78 is 16.9. The molecule has 0 heterocycles. The van der Waals surface area contributed by atoms with Crippen molar-refractivity contribution < 1.29 is 28.6 Å². The Morgan fingerprint density at radius 2 is 0.485 bits per heavy atom. The van der Waals surface area contributed by atoms with Crippen molar-refractivity contribution in [3.05, 3.63) is 12.2 Å². The number of ether oxygens (including phenoxy) is 3. The lowest BCUT2D eigenvalue weighted by Gasteiger charge is -2.18. The molecule has 6 nitrogen and oxygen atoms in total. The molecule has 68 heavy (non-hydrogen) atoms. The average molecular weight is 960 g/mol. The fourth-order valence-corrected chi connectivity index (χ4v) is 9.38. The fourth-order valence-electron chi connectivity index (χ4n) is 9.38. The van der Waals surface area contributed by atoms with Crippen molar-refractivity contribution in [2.75, 3.05) is 13.2 Å². The van der Waals surface area contributed by atoms with Crippen LogP contribution < -0.4 is 0 Å². The minimum Gasteiger partial charge on any atom is -0.462 e. The lowest BCUT2D eigenvalue weighted by Crippen LogP contribution is -2.30. The van der Waals surface area contributed by atoms with Crippen LogP contribution in [0.1, 0.15) is 348 Å². The molecule has 0 saturated carbocycles. The maximum atomic E-state index is 12.9. The third kappa shape index (κ3) is 55.1. The van der Waals surface area contributed by atoms with E-state index in [9.17, 15) is 14.4 Å². The summed E-state index contributed by atoms with van der Waals surface area (Å²) in [6.07, 6.45) is 66.3. The van der Waals surface area contributed by atoms with Crippen LogP contribution in [0.25, 0.3) is 0 Å². The van der Waals surface area contributed by atoms with E-state index in [1.807, 2.05) is 0 Å². The zero-order valence-corrected chi connectivity index (χ0v) is 46.2. The Labute approximate surface area is 424 Å². The van der Waals surface area contributed by atoms with Gasteiger partial charge in [-0.15, -0.1) is 0 Å². The summed E-state index contributed by atoms with van der Waals surface area (Å²) in [5, 5.41) is 0. The number of unbranched alkanes of at least 4 members (excludes halogenated alkanes) is 44. The van der Waals surface area contributed by atoms with Gasteiger partial charge in [0.15, 0.2) is 6.10 Å². The third-order valence-electron chi connectivity index (χ3n) is 14.0. The molecule has 0 spiro atoms. The topological polar surface area (TPSA) is 78.9 Å². The minimum atomic E-state index is -0.766. The zero-order valence-electron chi connectivity index (χ0n) is 46.2. The van der Waals surface area contributed by atoms with Crippen molar-refractivity contribution in [3.63, 3.8) is 0 Å². The van der Waals surface area contributed by atoms with Gasteiger partial charge in [0, 0.05) is 19.3 Å². The predicted molar refractivity (Wildman–Crippen MR) is 293 cm³/mol. The van der Waals surface area contributed by atoms with Gasteiger partial charge in [0.05, 0.1) is 0 Å². The molecule has 1 atom stereocenters. The van der Waals surface area contributed by atoms with E-state index in [0.29, 0.717) is 19.3 Å². The summed E-state index contributed by atoms with van der Waals surface area (Å²) in [7, 11) is 0. The summed E-state index contributed by atoms with van der Waals surface area (Å²) in [4.78, 5) is 38.2. The summed E-state index contributed by atoms with van der Waals surface area (Å²) in [5.74, 6) is -0.842. The molecule has 0 fully saturated rings. The van der Waals surface area contributed by atoms with Crippen LogP contribution in [-0.2, 0) is 28.6 Å². The van der Waals surface area contributed by atoms with Crippen LogP contribution in [0.4, 0.5) is 0 Å². The number of carbonyl (C=O) groups excluding carboxylic acids is 3. The molecule has 0 N–H and O–H groups in total. The first-order valence-electron chi connectivity index (χ1n) is 30.7. The Morgan fingerprint density at radius 1 is 0.279 bits per heavy atom. The second kappa shape index (κ2) is 57.7. The van der Waals surface area contributed by atoms with E-state index in [0.717, 1.165) is 57.8 Å². The van der Waals surface area contributed by atoms with Crippen LogP contribution in [0.2, 0.25) is 0 Å². The average Bonchev–Trinajstić information content (AvgIpc) is 3.34. The van der Waals surface area contributed by atoms with E-state index in [4.69, 9.17) is 14.2 Å². The summed E-state index contributed by atoms with van der Waals surface area (Å²) in [6, 6.07) is 0. The molecule has 0 unspecified atom stereocenters. The first kappa shape index (κ1) is 66.2. The fraction of sp³-hybridized carbons (Fsp3) is 0.919.